The van der Waals surface area contributed by atoms with Crippen molar-refractivity contribution in [2.75, 3.05) is 0 Å². The van der Waals surface area contributed by atoms with Crippen LogP contribution in [0.5, 0.6) is 0 Å². The lowest BCUT2D eigenvalue weighted by Gasteiger charge is -2.12. The van der Waals surface area contributed by atoms with Gasteiger partial charge in [0, 0.05) is 10.9 Å². The number of hydrogen-bond acceptors (Lipinski definition) is 2. The molecule has 1 amide bonds. The summed E-state index contributed by atoms with van der Waals surface area (Å²) in [5.74, 6) is 0.0906. The van der Waals surface area contributed by atoms with Gasteiger partial charge in [0.2, 0.25) is 5.91 Å². The Labute approximate surface area is 103 Å². The van der Waals surface area contributed by atoms with Gasteiger partial charge in [-0.3, -0.25) is 4.79 Å². The number of carbonyl (C=O) groups is 1. The lowest BCUT2D eigenvalue weighted by molar-refractivity contribution is -0.121. The number of carbonyl (C=O) groups excluding carboxylic acids is 1. The minimum atomic E-state index is 0.0906. The van der Waals surface area contributed by atoms with Gasteiger partial charge in [0.1, 0.15) is 0 Å². The SMILES string of the molecule is CCCC(C)NC(=O)Cc1ccc(S)cc1. The molecular weight excluding hydrogens is 218 g/mol. The van der Waals surface area contributed by atoms with Crippen molar-refractivity contribution in [1.29, 1.82) is 0 Å². The normalized spacial score (nSPS) is 12.2. The number of benzene rings is 1. The average molecular weight is 237 g/mol. The topological polar surface area (TPSA) is 29.1 Å². The maximum Gasteiger partial charge on any atom is 0.224 e. The highest BCUT2D eigenvalue weighted by atomic mass is 32.1. The second-order valence-electron chi connectivity index (χ2n) is 4.10. The van der Waals surface area contributed by atoms with E-state index in [1.807, 2.05) is 31.2 Å². The van der Waals surface area contributed by atoms with Crippen molar-refractivity contribution in [3.63, 3.8) is 0 Å². The van der Waals surface area contributed by atoms with E-state index in [0.29, 0.717) is 6.42 Å². The predicted octanol–water partition coefficient (Wildman–Crippen LogP) is 2.82. The highest BCUT2D eigenvalue weighted by Gasteiger charge is 2.06. The van der Waals surface area contributed by atoms with E-state index in [1.54, 1.807) is 0 Å². The van der Waals surface area contributed by atoms with Crippen LogP contribution in [0, 0.1) is 0 Å². The van der Waals surface area contributed by atoms with E-state index < -0.39 is 0 Å². The fourth-order valence-corrected chi connectivity index (χ4v) is 1.78. The Morgan fingerprint density at radius 2 is 2.00 bits per heavy atom. The summed E-state index contributed by atoms with van der Waals surface area (Å²) in [6.07, 6.45) is 2.57. The molecule has 3 heteroatoms. The fourth-order valence-electron chi connectivity index (χ4n) is 1.63. The molecule has 1 unspecified atom stereocenters. The molecule has 0 spiro atoms. The van der Waals surface area contributed by atoms with Crippen LogP contribution in [-0.2, 0) is 11.2 Å². The van der Waals surface area contributed by atoms with E-state index in [-0.39, 0.29) is 11.9 Å². The van der Waals surface area contributed by atoms with Crippen molar-refractivity contribution < 1.29 is 4.79 Å². The fraction of sp³-hybridized carbons (Fsp3) is 0.462. The minimum absolute atomic E-state index is 0.0906. The van der Waals surface area contributed by atoms with Crippen LogP contribution in [-0.4, -0.2) is 11.9 Å². The summed E-state index contributed by atoms with van der Waals surface area (Å²) < 4.78 is 0. The van der Waals surface area contributed by atoms with Crippen molar-refractivity contribution in [3.8, 4) is 0 Å². The summed E-state index contributed by atoms with van der Waals surface area (Å²) in [5.41, 5.74) is 1.03. The third-order valence-electron chi connectivity index (χ3n) is 2.43. The highest BCUT2D eigenvalue weighted by molar-refractivity contribution is 7.80. The van der Waals surface area contributed by atoms with E-state index in [2.05, 4.69) is 24.9 Å². The molecule has 0 fully saturated rings. The summed E-state index contributed by atoms with van der Waals surface area (Å²) in [7, 11) is 0. The second-order valence-corrected chi connectivity index (χ2v) is 4.62. The molecule has 0 saturated carbocycles. The monoisotopic (exact) mass is 237 g/mol. The van der Waals surface area contributed by atoms with Gasteiger partial charge in [-0.05, 0) is 31.0 Å². The molecule has 1 atom stereocenters. The zero-order chi connectivity index (χ0) is 12.0. The molecule has 0 heterocycles. The van der Waals surface area contributed by atoms with Gasteiger partial charge >= 0.3 is 0 Å². The second kappa shape index (κ2) is 6.59. The maximum atomic E-state index is 11.7. The molecule has 0 aliphatic heterocycles. The molecule has 1 aromatic rings. The number of nitrogens with one attached hydrogen (secondary N) is 1. The van der Waals surface area contributed by atoms with Crippen LogP contribution >= 0.6 is 12.6 Å². The molecule has 2 nitrogen and oxygen atoms in total. The molecule has 0 radical (unpaired) electrons. The third kappa shape index (κ3) is 4.71. The van der Waals surface area contributed by atoms with E-state index in [9.17, 15) is 4.79 Å². The minimum Gasteiger partial charge on any atom is -0.353 e. The summed E-state index contributed by atoms with van der Waals surface area (Å²) >= 11 is 4.21. The van der Waals surface area contributed by atoms with Crippen molar-refractivity contribution in [2.24, 2.45) is 0 Å². The average Bonchev–Trinajstić information content (AvgIpc) is 2.21. The first kappa shape index (κ1) is 13.1. The maximum absolute atomic E-state index is 11.7. The molecule has 16 heavy (non-hydrogen) atoms. The first-order valence-electron chi connectivity index (χ1n) is 5.69. The Kier molecular flexibility index (Phi) is 5.39. The Hall–Kier alpha value is -0.960. The van der Waals surface area contributed by atoms with Crippen LogP contribution < -0.4 is 5.32 Å². The van der Waals surface area contributed by atoms with Crippen molar-refractivity contribution in [2.45, 2.75) is 44.0 Å². The van der Waals surface area contributed by atoms with Crippen LogP contribution in [0.3, 0.4) is 0 Å². The van der Waals surface area contributed by atoms with Crippen LogP contribution in [0.1, 0.15) is 32.3 Å². The lowest BCUT2D eigenvalue weighted by Crippen LogP contribution is -2.33. The first-order chi connectivity index (χ1) is 7.61. The van der Waals surface area contributed by atoms with Crippen molar-refractivity contribution in [1.82, 2.24) is 5.32 Å². The zero-order valence-corrected chi connectivity index (χ0v) is 10.8. The van der Waals surface area contributed by atoms with E-state index in [0.717, 1.165) is 23.3 Å². The van der Waals surface area contributed by atoms with Gasteiger partial charge < -0.3 is 5.32 Å². The Morgan fingerprint density at radius 3 is 2.56 bits per heavy atom. The van der Waals surface area contributed by atoms with Crippen LogP contribution in [0.15, 0.2) is 29.2 Å². The standard InChI is InChI=1S/C13H19NOS/c1-3-4-10(2)14-13(15)9-11-5-7-12(16)8-6-11/h5-8,10,16H,3-4,9H2,1-2H3,(H,14,15). The zero-order valence-electron chi connectivity index (χ0n) is 9.86. The lowest BCUT2D eigenvalue weighted by atomic mass is 10.1. The van der Waals surface area contributed by atoms with Gasteiger partial charge in [-0.1, -0.05) is 25.5 Å². The van der Waals surface area contributed by atoms with E-state index in [4.69, 9.17) is 0 Å². The highest BCUT2D eigenvalue weighted by Crippen LogP contribution is 2.08. The summed E-state index contributed by atoms with van der Waals surface area (Å²) in [6.45, 7) is 4.16. The molecule has 1 aromatic carbocycles. The molecule has 0 aromatic heterocycles. The molecule has 1 rings (SSSR count). The van der Waals surface area contributed by atoms with E-state index in [1.165, 1.54) is 0 Å². The number of hydrogen-bond donors (Lipinski definition) is 2. The number of amides is 1. The Bertz CT molecular complexity index is 334. The van der Waals surface area contributed by atoms with Gasteiger partial charge in [0.25, 0.3) is 0 Å². The number of rotatable bonds is 5. The van der Waals surface area contributed by atoms with Crippen molar-refractivity contribution in [3.05, 3.63) is 29.8 Å². The van der Waals surface area contributed by atoms with Crippen LogP contribution in [0.2, 0.25) is 0 Å². The summed E-state index contributed by atoms with van der Waals surface area (Å²) in [4.78, 5) is 12.6. The molecule has 0 saturated heterocycles. The molecule has 0 aliphatic rings. The summed E-state index contributed by atoms with van der Waals surface area (Å²) in [6, 6.07) is 7.95. The van der Waals surface area contributed by atoms with Crippen LogP contribution in [0.4, 0.5) is 0 Å². The van der Waals surface area contributed by atoms with Gasteiger partial charge in [-0.2, -0.15) is 0 Å². The molecule has 0 bridgehead atoms. The van der Waals surface area contributed by atoms with E-state index >= 15 is 0 Å². The third-order valence-corrected chi connectivity index (χ3v) is 2.73. The van der Waals surface area contributed by atoms with Gasteiger partial charge in [-0.15, -0.1) is 12.6 Å². The van der Waals surface area contributed by atoms with Crippen molar-refractivity contribution >= 4 is 18.5 Å². The van der Waals surface area contributed by atoms with Gasteiger partial charge in [0.05, 0.1) is 6.42 Å². The smallest absolute Gasteiger partial charge is 0.224 e. The van der Waals surface area contributed by atoms with Crippen LogP contribution in [0.25, 0.3) is 0 Å². The Balaban J connectivity index is 2.42. The molecule has 1 N–H and O–H groups in total. The first-order valence-corrected chi connectivity index (χ1v) is 6.13. The Morgan fingerprint density at radius 1 is 1.38 bits per heavy atom. The number of thiol groups is 1. The summed E-state index contributed by atoms with van der Waals surface area (Å²) in [5, 5.41) is 2.99. The molecular formula is C13H19NOS. The molecule has 0 aliphatic carbocycles. The predicted molar refractivity (Wildman–Crippen MR) is 69.9 cm³/mol. The van der Waals surface area contributed by atoms with Gasteiger partial charge in [0.15, 0.2) is 0 Å². The quantitative estimate of drug-likeness (QED) is 0.758. The largest absolute Gasteiger partial charge is 0.353 e. The van der Waals surface area contributed by atoms with Gasteiger partial charge in [-0.25, -0.2) is 0 Å². The molecule has 88 valence electrons.